The van der Waals surface area contributed by atoms with Gasteiger partial charge in [-0.3, -0.25) is 14.2 Å². The van der Waals surface area contributed by atoms with Crippen LogP contribution in [-0.2, 0) is 20.9 Å². The van der Waals surface area contributed by atoms with E-state index in [0.717, 1.165) is 11.1 Å². The molecule has 5 rings (SSSR count). The first-order valence-electron chi connectivity index (χ1n) is 14.1. The minimum absolute atomic E-state index is 0.147. The van der Waals surface area contributed by atoms with Crippen LogP contribution in [0.25, 0.3) is 6.08 Å². The average Bonchev–Trinajstić information content (AvgIpc) is 3.33. The van der Waals surface area contributed by atoms with Crippen LogP contribution in [0.5, 0.6) is 23.0 Å². The molecule has 1 aliphatic rings. The van der Waals surface area contributed by atoms with Crippen molar-refractivity contribution in [2.24, 2.45) is 4.99 Å². The van der Waals surface area contributed by atoms with Crippen molar-refractivity contribution in [2.45, 2.75) is 33.4 Å². The van der Waals surface area contributed by atoms with E-state index in [2.05, 4.69) is 4.99 Å². The Morgan fingerprint density at radius 2 is 1.67 bits per heavy atom. The van der Waals surface area contributed by atoms with Gasteiger partial charge in [0.2, 0.25) is 0 Å². The number of rotatable bonds is 10. The summed E-state index contributed by atoms with van der Waals surface area (Å²) in [5.74, 6) is 0.474. The fraction of sp³-hybridized carbons (Fsp3) is 0.235. The first kappa shape index (κ1) is 31.3. The van der Waals surface area contributed by atoms with Gasteiger partial charge < -0.3 is 23.7 Å². The molecule has 1 aliphatic heterocycles. The number of fused-ring (bicyclic) bond motifs is 1. The Kier molecular flexibility index (Phi) is 9.48. The summed E-state index contributed by atoms with van der Waals surface area (Å²) in [4.78, 5) is 43.9. The van der Waals surface area contributed by atoms with E-state index < -0.39 is 18.0 Å². The summed E-state index contributed by atoms with van der Waals surface area (Å²) in [5, 5.41) is 0. The molecule has 10 nitrogen and oxygen atoms in total. The first-order chi connectivity index (χ1) is 21.7. The van der Waals surface area contributed by atoms with E-state index in [-0.39, 0.29) is 29.2 Å². The van der Waals surface area contributed by atoms with Crippen molar-refractivity contribution in [2.75, 3.05) is 20.8 Å². The molecule has 232 valence electrons. The van der Waals surface area contributed by atoms with E-state index in [9.17, 15) is 14.4 Å². The molecule has 0 saturated carbocycles. The number of carbonyl (C=O) groups excluding carboxylic acids is 2. The number of allylic oxidation sites excluding steroid dienone is 1. The molecule has 2 heterocycles. The van der Waals surface area contributed by atoms with E-state index >= 15 is 0 Å². The summed E-state index contributed by atoms with van der Waals surface area (Å²) in [6, 6.07) is 19.3. The maximum Gasteiger partial charge on any atom is 0.338 e. The van der Waals surface area contributed by atoms with Gasteiger partial charge >= 0.3 is 11.9 Å². The normalized spacial score (nSPS) is 14.3. The second-order valence-corrected chi connectivity index (χ2v) is 11.0. The third-order valence-corrected chi connectivity index (χ3v) is 7.98. The van der Waals surface area contributed by atoms with Gasteiger partial charge in [0.05, 0.1) is 42.7 Å². The Hall–Kier alpha value is -5.16. The maximum absolute atomic E-state index is 14.0. The minimum Gasteiger partial charge on any atom is -0.493 e. The molecule has 0 radical (unpaired) electrons. The highest BCUT2D eigenvalue weighted by Crippen LogP contribution is 2.36. The van der Waals surface area contributed by atoms with Gasteiger partial charge in [0.15, 0.2) is 27.8 Å². The van der Waals surface area contributed by atoms with Gasteiger partial charge in [0.25, 0.3) is 5.56 Å². The number of ether oxygens (including phenoxy) is 5. The summed E-state index contributed by atoms with van der Waals surface area (Å²) >= 11 is 1.20. The second-order valence-electron chi connectivity index (χ2n) is 9.99. The highest BCUT2D eigenvalue weighted by atomic mass is 32.1. The highest BCUT2D eigenvalue weighted by molar-refractivity contribution is 7.07. The van der Waals surface area contributed by atoms with Gasteiger partial charge in [-0.25, -0.2) is 9.79 Å². The molecule has 45 heavy (non-hydrogen) atoms. The number of nitrogens with zero attached hydrogens (tertiary/aromatic N) is 2. The third-order valence-electron chi connectivity index (χ3n) is 7.00. The Morgan fingerprint density at radius 3 is 2.36 bits per heavy atom. The standard InChI is InChI=1S/C34H32N2O8S/c1-6-42-33(39)30-20(2)35-34-36(31(30)24-13-15-26(44-21(3)37)28(18-24)41-5)32(38)29(45-34)17-23-12-14-25(27(16-23)40-4)43-19-22-10-8-7-9-11-22/h7-18,31H,6,19H2,1-5H3. The summed E-state index contributed by atoms with van der Waals surface area (Å²) in [5.41, 5.74) is 2.60. The third kappa shape index (κ3) is 6.68. The number of carbonyl (C=O) groups is 2. The Bertz CT molecular complexity index is 1960. The Labute approximate surface area is 263 Å². The van der Waals surface area contributed by atoms with Gasteiger partial charge in [-0.2, -0.15) is 0 Å². The number of hydrogen-bond acceptors (Lipinski definition) is 10. The van der Waals surface area contributed by atoms with E-state index in [1.165, 1.54) is 29.9 Å². The van der Waals surface area contributed by atoms with Crippen LogP contribution in [0.1, 0.15) is 43.5 Å². The quantitative estimate of drug-likeness (QED) is 0.189. The van der Waals surface area contributed by atoms with Gasteiger partial charge in [-0.1, -0.05) is 53.8 Å². The highest BCUT2D eigenvalue weighted by Gasteiger charge is 2.34. The van der Waals surface area contributed by atoms with Crippen molar-refractivity contribution in [3.8, 4) is 23.0 Å². The predicted molar refractivity (Wildman–Crippen MR) is 168 cm³/mol. The molecule has 0 saturated heterocycles. The first-order valence-corrected chi connectivity index (χ1v) is 15.0. The van der Waals surface area contributed by atoms with Gasteiger partial charge in [-0.15, -0.1) is 0 Å². The van der Waals surface area contributed by atoms with Crippen LogP contribution in [0, 0.1) is 0 Å². The fourth-order valence-electron chi connectivity index (χ4n) is 4.98. The number of aromatic nitrogens is 1. The van der Waals surface area contributed by atoms with Crippen LogP contribution in [0.15, 0.2) is 87.8 Å². The minimum atomic E-state index is -0.869. The molecule has 0 N–H and O–H groups in total. The van der Waals surface area contributed by atoms with Crippen LogP contribution >= 0.6 is 11.3 Å². The molecule has 0 amide bonds. The number of benzene rings is 3. The lowest BCUT2D eigenvalue weighted by molar-refractivity contribution is -0.139. The molecular weight excluding hydrogens is 596 g/mol. The van der Waals surface area contributed by atoms with Crippen molar-refractivity contribution in [1.82, 2.24) is 4.57 Å². The molecule has 0 aliphatic carbocycles. The largest absolute Gasteiger partial charge is 0.493 e. The molecule has 1 atom stereocenters. The van der Waals surface area contributed by atoms with Crippen molar-refractivity contribution in [3.05, 3.63) is 114 Å². The second kappa shape index (κ2) is 13.6. The van der Waals surface area contributed by atoms with Crippen LogP contribution in [-0.4, -0.2) is 37.3 Å². The Balaban J connectivity index is 1.58. The van der Waals surface area contributed by atoms with Crippen LogP contribution in [0.3, 0.4) is 0 Å². The lowest BCUT2D eigenvalue weighted by atomic mass is 9.95. The molecular formula is C34H32N2O8S. The predicted octanol–water partition coefficient (Wildman–Crippen LogP) is 4.32. The lowest BCUT2D eigenvalue weighted by Crippen LogP contribution is -2.40. The summed E-state index contributed by atoms with van der Waals surface area (Å²) in [6.07, 6.45) is 1.75. The number of methoxy groups -OCH3 is 2. The Morgan fingerprint density at radius 1 is 0.956 bits per heavy atom. The molecule has 4 aromatic rings. The zero-order valence-electron chi connectivity index (χ0n) is 25.5. The van der Waals surface area contributed by atoms with Crippen LogP contribution in [0.2, 0.25) is 0 Å². The van der Waals surface area contributed by atoms with Crippen molar-refractivity contribution in [1.29, 1.82) is 0 Å². The van der Waals surface area contributed by atoms with Crippen molar-refractivity contribution >= 4 is 29.4 Å². The zero-order chi connectivity index (χ0) is 32.1. The zero-order valence-corrected chi connectivity index (χ0v) is 26.3. The SMILES string of the molecule is CCOC(=O)C1=C(C)N=c2sc(=Cc3ccc(OCc4ccccc4)c(OC)c3)c(=O)n2C1c1ccc(OC(C)=O)c(OC)c1. The van der Waals surface area contributed by atoms with E-state index in [1.807, 2.05) is 36.4 Å². The van der Waals surface area contributed by atoms with Crippen LogP contribution in [0.4, 0.5) is 0 Å². The van der Waals surface area contributed by atoms with Gasteiger partial charge in [-0.05, 0) is 60.9 Å². The molecule has 11 heteroatoms. The number of hydrogen-bond donors (Lipinski definition) is 0. The lowest BCUT2D eigenvalue weighted by Gasteiger charge is -2.25. The summed E-state index contributed by atoms with van der Waals surface area (Å²) < 4.78 is 29.6. The van der Waals surface area contributed by atoms with Gasteiger partial charge in [0.1, 0.15) is 6.61 Å². The molecule has 0 bridgehead atoms. The van der Waals surface area contributed by atoms with E-state index in [4.69, 9.17) is 23.7 Å². The topological polar surface area (TPSA) is 115 Å². The van der Waals surface area contributed by atoms with Gasteiger partial charge in [0, 0.05) is 6.92 Å². The average molecular weight is 629 g/mol. The van der Waals surface area contributed by atoms with Crippen LogP contribution < -0.4 is 33.8 Å². The fourth-order valence-corrected chi connectivity index (χ4v) is 6.03. The van der Waals surface area contributed by atoms with E-state index in [0.29, 0.717) is 38.7 Å². The smallest absolute Gasteiger partial charge is 0.338 e. The number of esters is 2. The van der Waals surface area contributed by atoms with Crippen molar-refractivity contribution < 1.29 is 33.3 Å². The summed E-state index contributed by atoms with van der Waals surface area (Å²) in [7, 11) is 3.00. The molecule has 0 spiro atoms. The molecule has 1 unspecified atom stereocenters. The number of thiazole rings is 1. The van der Waals surface area contributed by atoms with Crippen molar-refractivity contribution in [3.63, 3.8) is 0 Å². The molecule has 1 aromatic heterocycles. The monoisotopic (exact) mass is 628 g/mol. The van der Waals surface area contributed by atoms with E-state index in [1.54, 1.807) is 57.4 Å². The summed E-state index contributed by atoms with van der Waals surface area (Å²) in [6.45, 7) is 5.23. The maximum atomic E-state index is 14.0. The molecule has 3 aromatic carbocycles. The molecule has 0 fully saturated rings.